The third-order valence-electron chi connectivity index (χ3n) is 6.24. The molecule has 0 spiro atoms. The van der Waals surface area contributed by atoms with E-state index in [1.807, 2.05) is 0 Å². The average Bonchev–Trinajstić information content (AvgIpc) is 2.83. The van der Waals surface area contributed by atoms with E-state index in [0.717, 1.165) is 29.9 Å². The molecule has 0 aliphatic heterocycles. The van der Waals surface area contributed by atoms with E-state index in [-0.39, 0.29) is 44.9 Å². The molecule has 7 nitrogen and oxygen atoms in total. The van der Waals surface area contributed by atoms with Gasteiger partial charge in [0.15, 0.2) is 0 Å². The van der Waals surface area contributed by atoms with E-state index in [2.05, 4.69) is 25.6 Å². The molecule has 0 heterocycles. The van der Waals surface area contributed by atoms with Gasteiger partial charge in [-0.15, -0.1) is 0 Å². The summed E-state index contributed by atoms with van der Waals surface area (Å²) in [6.07, 6.45) is 5.72. The van der Waals surface area contributed by atoms with Crippen molar-refractivity contribution < 1.29 is 33.6 Å². The first kappa shape index (κ1) is 28.7. The van der Waals surface area contributed by atoms with Crippen LogP contribution in [0.15, 0.2) is 24.3 Å². The predicted molar refractivity (Wildman–Crippen MR) is 135 cm³/mol. The minimum Gasteiger partial charge on any atom is -0.490 e. The predicted octanol–water partition coefficient (Wildman–Crippen LogP) is 4.98. The number of aliphatic hydroxyl groups is 1. The van der Waals surface area contributed by atoms with Gasteiger partial charge in [-0.05, 0) is 62.1 Å². The summed E-state index contributed by atoms with van der Waals surface area (Å²) < 4.78 is 22.6. The van der Waals surface area contributed by atoms with Gasteiger partial charge in [0.05, 0.1) is 5.92 Å². The van der Waals surface area contributed by atoms with Gasteiger partial charge in [0.2, 0.25) is 0 Å². The van der Waals surface area contributed by atoms with Gasteiger partial charge in [-0.1, -0.05) is 40.2 Å². The maximum absolute atomic E-state index is 11.8. The molecule has 1 aliphatic carbocycles. The zero-order valence-electron chi connectivity index (χ0n) is 21.8. The monoisotopic (exact) mass is 490 g/mol. The second-order valence-corrected chi connectivity index (χ2v) is 9.72. The van der Waals surface area contributed by atoms with Crippen LogP contribution in [0.1, 0.15) is 76.8 Å². The van der Waals surface area contributed by atoms with Crippen LogP contribution in [-0.2, 0) is 25.5 Å². The lowest BCUT2D eigenvalue weighted by atomic mass is 9.79. The van der Waals surface area contributed by atoms with Crippen LogP contribution in [0.2, 0.25) is 0 Å². The van der Waals surface area contributed by atoms with Crippen LogP contribution >= 0.6 is 0 Å². The van der Waals surface area contributed by atoms with Gasteiger partial charge in [0.25, 0.3) is 0 Å². The first-order chi connectivity index (χ1) is 16.7. The van der Waals surface area contributed by atoms with E-state index in [1.165, 1.54) is 12.8 Å². The lowest BCUT2D eigenvalue weighted by Crippen LogP contribution is -2.17. The summed E-state index contributed by atoms with van der Waals surface area (Å²) in [5.41, 5.74) is 2.36. The van der Waals surface area contributed by atoms with Crippen molar-refractivity contribution in [3.63, 3.8) is 0 Å². The smallest absolute Gasteiger partial charge is 0.333 e. The Balaban J connectivity index is 2.22. The van der Waals surface area contributed by atoms with Crippen LogP contribution in [0, 0.1) is 11.8 Å². The molecule has 0 amide bonds. The second kappa shape index (κ2) is 14.8. The molecule has 196 valence electrons. The van der Waals surface area contributed by atoms with Crippen molar-refractivity contribution in [3.05, 3.63) is 35.4 Å². The van der Waals surface area contributed by atoms with Gasteiger partial charge in [0.1, 0.15) is 37.9 Å². The van der Waals surface area contributed by atoms with Crippen molar-refractivity contribution in [1.29, 1.82) is 0 Å². The molecule has 0 radical (unpaired) electrons. The summed E-state index contributed by atoms with van der Waals surface area (Å²) in [6.45, 7) is 11.8. The number of esters is 2. The maximum atomic E-state index is 11.8. The molecular formula is C28H42O7. The normalized spacial score (nSPS) is 17.7. The molecule has 1 N–H and O–H groups in total. The second-order valence-electron chi connectivity index (χ2n) is 9.72. The Hall–Kier alpha value is -2.54. The van der Waals surface area contributed by atoms with Crippen LogP contribution in [-0.4, -0.2) is 50.1 Å². The van der Waals surface area contributed by atoms with Gasteiger partial charge in [-0.3, -0.25) is 4.79 Å². The fourth-order valence-electron chi connectivity index (χ4n) is 4.10. The van der Waals surface area contributed by atoms with E-state index in [1.54, 1.807) is 20.8 Å². The summed E-state index contributed by atoms with van der Waals surface area (Å²) in [5.74, 6) is 1.62. The Bertz CT molecular complexity index is 838. The molecule has 0 aromatic heterocycles. The number of aliphatic hydroxyl groups excluding tert-OH is 1. The highest BCUT2D eigenvalue weighted by molar-refractivity contribution is 5.86. The van der Waals surface area contributed by atoms with Crippen molar-refractivity contribution >= 4 is 11.9 Å². The Morgan fingerprint density at radius 2 is 1.57 bits per heavy atom. The minimum atomic E-state index is -0.445. The highest BCUT2D eigenvalue weighted by atomic mass is 16.6. The molecule has 1 fully saturated rings. The number of hydrogen-bond acceptors (Lipinski definition) is 7. The molecule has 1 aromatic carbocycles. The maximum Gasteiger partial charge on any atom is 0.333 e. The van der Waals surface area contributed by atoms with Crippen LogP contribution < -0.4 is 9.47 Å². The van der Waals surface area contributed by atoms with Gasteiger partial charge >= 0.3 is 11.9 Å². The fourth-order valence-corrected chi connectivity index (χ4v) is 4.10. The lowest BCUT2D eigenvalue weighted by Gasteiger charge is -2.28. The van der Waals surface area contributed by atoms with Crippen molar-refractivity contribution in [2.24, 2.45) is 11.8 Å². The quantitative estimate of drug-likeness (QED) is 0.223. The molecule has 7 heteroatoms. The fraction of sp³-hybridized carbons (Fsp3) is 0.643. The molecule has 35 heavy (non-hydrogen) atoms. The Kier molecular flexibility index (Phi) is 12.1. The molecule has 0 saturated heterocycles. The average molecular weight is 491 g/mol. The van der Waals surface area contributed by atoms with Gasteiger partial charge in [-0.2, -0.15) is 0 Å². The van der Waals surface area contributed by atoms with Crippen LogP contribution in [0.25, 0.3) is 0 Å². The summed E-state index contributed by atoms with van der Waals surface area (Å²) in [4.78, 5) is 23.5. The number of carbonyl (C=O) groups is 2. The molecule has 1 aromatic rings. The largest absolute Gasteiger partial charge is 0.490 e. The van der Waals surface area contributed by atoms with Gasteiger partial charge in [0, 0.05) is 17.7 Å². The Morgan fingerprint density at radius 3 is 2.09 bits per heavy atom. The van der Waals surface area contributed by atoms with Crippen molar-refractivity contribution in [3.8, 4) is 11.5 Å². The van der Waals surface area contributed by atoms with Crippen LogP contribution in [0.3, 0.4) is 0 Å². The Labute approximate surface area is 209 Å². The van der Waals surface area contributed by atoms with E-state index in [4.69, 9.17) is 18.9 Å². The van der Waals surface area contributed by atoms with Crippen LogP contribution in [0.5, 0.6) is 11.5 Å². The number of hydrogen-bond donors (Lipinski definition) is 1. The van der Waals surface area contributed by atoms with E-state index >= 15 is 0 Å². The molecular weight excluding hydrogens is 448 g/mol. The lowest BCUT2D eigenvalue weighted by molar-refractivity contribution is -0.148. The van der Waals surface area contributed by atoms with E-state index in [9.17, 15) is 14.7 Å². The topological polar surface area (TPSA) is 91.3 Å². The molecule has 2 rings (SSSR count). The first-order valence-corrected chi connectivity index (χ1v) is 12.7. The first-order valence-electron chi connectivity index (χ1n) is 12.7. The molecule has 0 atom stereocenters. The summed E-state index contributed by atoms with van der Waals surface area (Å²) >= 11 is 0. The SMILES string of the molecule is C=C(C)C(=O)OCCOc1cc(C2CCC(C)CC2)cc(OCCOC(=O)C(C)C)c1CCCO. The summed E-state index contributed by atoms with van der Waals surface area (Å²) in [5, 5.41) is 9.44. The third-order valence-corrected chi connectivity index (χ3v) is 6.24. The highest BCUT2D eigenvalue weighted by Gasteiger charge is 2.23. The van der Waals surface area contributed by atoms with Gasteiger partial charge in [-0.25, -0.2) is 4.79 Å². The summed E-state index contributed by atoms with van der Waals surface area (Å²) in [7, 11) is 0. The number of carbonyl (C=O) groups excluding carboxylic acids is 2. The standard InChI is InChI=1S/C28H42O7/c1-19(2)27(30)34-15-13-32-25-17-23(22-10-8-21(5)9-11-22)18-26(24(25)7-6-12-29)33-14-16-35-28(31)20(3)4/h17-18,20-22,29H,1,6-16H2,2-5H3. The molecule has 1 aliphatic rings. The van der Waals surface area contributed by atoms with E-state index < -0.39 is 5.97 Å². The molecule has 1 saturated carbocycles. The highest BCUT2D eigenvalue weighted by Crippen LogP contribution is 2.41. The minimum absolute atomic E-state index is 0.0450. The van der Waals surface area contributed by atoms with Crippen LogP contribution in [0.4, 0.5) is 0 Å². The third kappa shape index (κ3) is 9.55. The molecule has 0 unspecified atom stereocenters. The number of benzene rings is 1. The van der Waals surface area contributed by atoms with Crippen molar-refractivity contribution in [2.75, 3.05) is 33.0 Å². The zero-order valence-corrected chi connectivity index (χ0v) is 21.8. The van der Waals surface area contributed by atoms with Crippen molar-refractivity contribution in [2.45, 2.75) is 72.1 Å². The van der Waals surface area contributed by atoms with Crippen molar-refractivity contribution in [1.82, 2.24) is 0 Å². The Morgan fingerprint density at radius 1 is 1.00 bits per heavy atom. The number of rotatable bonds is 14. The van der Waals surface area contributed by atoms with E-state index in [0.29, 0.717) is 35.8 Å². The number of ether oxygens (including phenoxy) is 4. The summed E-state index contributed by atoms with van der Waals surface area (Å²) in [6, 6.07) is 4.14. The zero-order chi connectivity index (χ0) is 25.8. The molecule has 0 bridgehead atoms. The van der Waals surface area contributed by atoms with Gasteiger partial charge < -0.3 is 24.1 Å².